The quantitative estimate of drug-likeness (QED) is 0.251. The molecule has 0 fully saturated rings. The average Bonchev–Trinajstić information content (AvgIpc) is 3.12. The van der Waals surface area contributed by atoms with Gasteiger partial charge in [-0.2, -0.15) is 0 Å². The molecular formula is C34H33N5O6S. The van der Waals surface area contributed by atoms with Gasteiger partial charge in [0.25, 0.3) is 5.91 Å². The minimum Gasteiger partial charge on any atom is -0.368 e. The fourth-order valence-electron chi connectivity index (χ4n) is 5.85. The molecule has 4 aromatic carbocycles. The van der Waals surface area contributed by atoms with Crippen LogP contribution in [0.4, 0.5) is 21.9 Å². The number of hydrogen-bond donors (Lipinski definition) is 2. The Balaban J connectivity index is 1.61. The number of nitrogens with two attached hydrogens (primary N) is 2. The largest absolute Gasteiger partial charge is 0.368 e. The lowest BCUT2D eigenvalue weighted by molar-refractivity contribution is -0.123. The van der Waals surface area contributed by atoms with Crippen LogP contribution in [0.1, 0.15) is 34.6 Å². The van der Waals surface area contributed by atoms with Crippen molar-refractivity contribution in [2.45, 2.75) is 31.1 Å². The maximum absolute atomic E-state index is 14.4. The third kappa shape index (κ3) is 6.61. The Morgan fingerprint density at radius 1 is 0.891 bits per heavy atom. The maximum atomic E-state index is 14.4. The van der Waals surface area contributed by atoms with E-state index in [1.54, 1.807) is 36.4 Å². The summed E-state index contributed by atoms with van der Waals surface area (Å²) in [5, 5.41) is 0. The Labute approximate surface area is 267 Å². The first-order valence-corrected chi connectivity index (χ1v) is 16.1. The van der Waals surface area contributed by atoms with E-state index in [2.05, 4.69) is 0 Å². The van der Waals surface area contributed by atoms with Gasteiger partial charge >= 0.3 is 6.03 Å². The fraction of sp³-hybridized carbons (Fsp3) is 0.176. The van der Waals surface area contributed by atoms with Crippen molar-refractivity contribution in [2.75, 3.05) is 20.6 Å². The highest BCUT2D eigenvalue weighted by atomic mass is 32.2. The molecule has 1 aliphatic heterocycles. The maximum Gasteiger partial charge on any atom is 0.320 e. The summed E-state index contributed by atoms with van der Waals surface area (Å²) in [5.41, 5.74) is 15.0. The van der Waals surface area contributed by atoms with E-state index >= 15 is 0 Å². The van der Waals surface area contributed by atoms with Gasteiger partial charge in [-0.25, -0.2) is 17.5 Å². The van der Waals surface area contributed by atoms with Crippen LogP contribution in [-0.4, -0.2) is 45.3 Å². The normalized spacial score (nSPS) is 16.2. The van der Waals surface area contributed by atoms with E-state index in [0.29, 0.717) is 15.6 Å². The molecule has 0 aliphatic carbocycles. The van der Waals surface area contributed by atoms with Crippen LogP contribution in [0.3, 0.4) is 0 Å². The van der Waals surface area contributed by atoms with Crippen molar-refractivity contribution in [3.63, 3.8) is 0 Å². The number of urea groups is 1. The first kappa shape index (κ1) is 31.9. The number of benzene rings is 4. The third-order valence-corrected chi connectivity index (χ3v) is 9.47. The minimum absolute atomic E-state index is 0.0525. The second-order valence-corrected chi connectivity index (χ2v) is 12.9. The molecule has 0 aromatic heterocycles. The van der Waals surface area contributed by atoms with Gasteiger partial charge in [0.15, 0.2) is 0 Å². The van der Waals surface area contributed by atoms with Gasteiger partial charge in [-0.1, -0.05) is 78.9 Å². The van der Waals surface area contributed by atoms with Crippen LogP contribution in [0.2, 0.25) is 0 Å². The lowest BCUT2D eigenvalue weighted by Crippen LogP contribution is -2.54. The number of anilines is 3. The molecule has 5 amide bonds. The van der Waals surface area contributed by atoms with Crippen LogP contribution in [-0.2, 0) is 30.2 Å². The standard InChI is InChI=1S/C34H33N5O6S/c1-23-15-16-28-29(25-11-6-3-7-12-25)19-31(33(42)37(20-32(35)41)30(28)17-23)39(34(36)43)27-14-8-13-26(18-27)38(22-40)46(44,45)21-24-9-4-2-5-10-24/h2-18,22,29,31H,19-21H2,1H3,(H2,35,41)(H2,36,43). The Hall–Kier alpha value is -5.49. The molecule has 1 heterocycles. The fourth-order valence-corrected chi connectivity index (χ4v) is 7.17. The lowest BCUT2D eigenvalue weighted by atomic mass is 9.85. The van der Waals surface area contributed by atoms with E-state index < -0.39 is 52.1 Å². The number of nitrogens with zero attached hydrogens (tertiary/aromatic N) is 3. The van der Waals surface area contributed by atoms with Crippen molar-refractivity contribution in [1.82, 2.24) is 0 Å². The highest BCUT2D eigenvalue weighted by molar-refractivity contribution is 7.92. The van der Waals surface area contributed by atoms with Crippen LogP contribution in [0.15, 0.2) is 103 Å². The van der Waals surface area contributed by atoms with E-state index in [0.717, 1.165) is 21.6 Å². The van der Waals surface area contributed by atoms with Crippen molar-refractivity contribution in [3.05, 3.63) is 125 Å². The zero-order chi connectivity index (χ0) is 33.0. The molecule has 0 saturated heterocycles. The number of amides is 5. The summed E-state index contributed by atoms with van der Waals surface area (Å²) < 4.78 is 27.2. The monoisotopic (exact) mass is 639 g/mol. The number of aryl methyl sites for hydroxylation is 1. The van der Waals surface area contributed by atoms with E-state index in [9.17, 15) is 27.6 Å². The molecule has 2 atom stereocenters. The topological polar surface area (TPSA) is 164 Å². The van der Waals surface area contributed by atoms with E-state index in [1.807, 2.05) is 49.4 Å². The van der Waals surface area contributed by atoms with Gasteiger partial charge in [-0.15, -0.1) is 0 Å². The van der Waals surface area contributed by atoms with Crippen molar-refractivity contribution >= 4 is 51.3 Å². The zero-order valence-corrected chi connectivity index (χ0v) is 25.8. The summed E-state index contributed by atoms with van der Waals surface area (Å²) in [6, 6.07) is 26.8. The van der Waals surface area contributed by atoms with E-state index in [4.69, 9.17) is 11.5 Å². The minimum atomic E-state index is -4.19. The van der Waals surface area contributed by atoms with Gasteiger partial charge in [0.05, 0.1) is 11.4 Å². The number of carbonyl (C=O) groups excluding carboxylic acids is 4. The Kier molecular flexibility index (Phi) is 9.19. The van der Waals surface area contributed by atoms with Crippen molar-refractivity contribution in [3.8, 4) is 0 Å². The van der Waals surface area contributed by atoms with Gasteiger partial charge < -0.3 is 16.4 Å². The summed E-state index contributed by atoms with van der Waals surface area (Å²) in [6.45, 7) is 1.41. The lowest BCUT2D eigenvalue weighted by Gasteiger charge is -2.33. The molecule has 0 radical (unpaired) electrons. The summed E-state index contributed by atoms with van der Waals surface area (Å²) in [6.07, 6.45) is 0.257. The number of fused-ring (bicyclic) bond motifs is 1. The van der Waals surface area contributed by atoms with Gasteiger partial charge in [0.2, 0.25) is 22.3 Å². The van der Waals surface area contributed by atoms with Gasteiger partial charge in [0, 0.05) is 17.3 Å². The van der Waals surface area contributed by atoms with E-state index in [1.165, 1.54) is 29.2 Å². The first-order valence-electron chi connectivity index (χ1n) is 14.5. The average molecular weight is 640 g/mol. The molecule has 1 aliphatic rings. The molecule has 236 valence electrons. The molecule has 5 rings (SSSR count). The SMILES string of the molecule is Cc1ccc2c(c1)N(CC(N)=O)C(=O)C(N(C(N)=O)c1cccc(N(C=O)S(=O)(=O)Cc3ccccc3)c1)CC2c1ccccc1. The second kappa shape index (κ2) is 13.2. The highest BCUT2D eigenvalue weighted by Crippen LogP contribution is 2.42. The predicted molar refractivity (Wildman–Crippen MR) is 176 cm³/mol. The Morgan fingerprint density at radius 3 is 2.17 bits per heavy atom. The predicted octanol–water partition coefficient (Wildman–Crippen LogP) is 3.80. The van der Waals surface area contributed by atoms with Crippen molar-refractivity contribution in [2.24, 2.45) is 11.5 Å². The van der Waals surface area contributed by atoms with E-state index in [-0.39, 0.29) is 24.2 Å². The number of carbonyl (C=O) groups is 4. The van der Waals surface area contributed by atoms with Crippen molar-refractivity contribution in [1.29, 1.82) is 0 Å². The van der Waals surface area contributed by atoms with Crippen LogP contribution in [0.5, 0.6) is 0 Å². The van der Waals surface area contributed by atoms with Gasteiger partial charge in [0.1, 0.15) is 12.6 Å². The molecule has 2 unspecified atom stereocenters. The molecule has 0 bridgehead atoms. The number of primary amides is 2. The summed E-state index contributed by atoms with van der Waals surface area (Å²) in [5.74, 6) is -2.21. The van der Waals surface area contributed by atoms with Crippen LogP contribution < -0.4 is 25.6 Å². The molecular weight excluding hydrogens is 606 g/mol. The summed E-state index contributed by atoms with van der Waals surface area (Å²) in [7, 11) is -4.19. The molecule has 12 heteroatoms. The van der Waals surface area contributed by atoms with Gasteiger partial charge in [-0.3, -0.25) is 19.3 Å². The number of rotatable bonds is 10. The first-order chi connectivity index (χ1) is 22.0. The molecule has 0 saturated carbocycles. The van der Waals surface area contributed by atoms with Crippen LogP contribution in [0.25, 0.3) is 0 Å². The molecule has 4 N–H and O–H groups in total. The summed E-state index contributed by atoms with van der Waals surface area (Å²) >= 11 is 0. The third-order valence-electron chi connectivity index (χ3n) is 7.88. The van der Waals surface area contributed by atoms with Crippen molar-refractivity contribution < 1.29 is 27.6 Å². The molecule has 0 spiro atoms. The van der Waals surface area contributed by atoms with Gasteiger partial charge in [-0.05, 0) is 59.9 Å². The molecule has 11 nitrogen and oxygen atoms in total. The highest BCUT2D eigenvalue weighted by Gasteiger charge is 2.41. The zero-order valence-electron chi connectivity index (χ0n) is 25.0. The second-order valence-electron chi connectivity index (χ2n) is 11.0. The smallest absolute Gasteiger partial charge is 0.320 e. The van der Waals surface area contributed by atoms with Crippen LogP contribution >= 0.6 is 0 Å². The molecule has 4 aromatic rings. The Morgan fingerprint density at radius 2 is 1.54 bits per heavy atom. The molecule has 46 heavy (non-hydrogen) atoms. The number of hydrogen-bond acceptors (Lipinski definition) is 6. The van der Waals surface area contributed by atoms with Crippen LogP contribution in [0, 0.1) is 6.92 Å². The Bertz CT molecular complexity index is 1880. The summed E-state index contributed by atoms with van der Waals surface area (Å²) in [4.78, 5) is 54.4. The number of sulfonamides is 1.